The predicted octanol–water partition coefficient (Wildman–Crippen LogP) is -1.52. The Hall–Kier alpha value is 0.861. The van der Waals surface area contributed by atoms with Crippen molar-refractivity contribution in [1.82, 2.24) is 5.32 Å². The maximum atomic E-state index is 10.2. The van der Waals surface area contributed by atoms with Crippen LogP contribution in [-0.2, 0) is 14.9 Å². The zero-order chi connectivity index (χ0) is 8.91. The van der Waals surface area contributed by atoms with E-state index in [1.165, 1.54) is 6.92 Å². The van der Waals surface area contributed by atoms with Gasteiger partial charge in [-0.15, -0.1) is 0 Å². The van der Waals surface area contributed by atoms with Gasteiger partial charge in [0.1, 0.15) is 0 Å². The van der Waals surface area contributed by atoms with Crippen LogP contribution in [-0.4, -0.2) is 76.7 Å². The van der Waals surface area contributed by atoms with Crippen LogP contribution in [0.1, 0.15) is 13.3 Å². The van der Waals surface area contributed by atoms with Crippen LogP contribution < -0.4 is 5.32 Å². The minimum absolute atomic E-state index is 0. The SMILES string of the molecule is CC(=O)NCCCS(=O)(=O)O.[SrH2]. The van der Waals surface area contributed by atoms with Crippen molar-refractivity contribution < 1.29 is 17.8 Å². The van der Waals surface area contributed by atoms with Crippen molar-refractivity contribution >= 4 is 61.5 Å². The second-order valence-corrected chi connectivity index (χ2v) is 3.69. The fraction of sp³-hybridized carbons (Fsp3) is 0.800. The van der Waals surface area contributed by atoms with Gasteiger partial charge in [0.15, 0.2) is 0 Å². The number of hydrogen-bond acceptors (Lipinski definition) is 3. The summed E-state index contributed by atoms with van der Waals surface area (Å²) in [6.07, 6.45) is 0.235. The molecule has 0 fully saturated rings. The molecule has 0 saturated carbocycles. The number of rotatable bonds is 4. The molecular formula is C5H13NO4SSr. The molecule has 0 aliphatic heterocycles. The fourth-order valence-electron chi connectivity index (χ4n) is 0.519. The van der Waals surface area contributed by atoms with E-state index in [1.54, 1.807) is 0 Å². The van der Waals surface area contributed by atoms with Gasteiger partial charge in [0, 0.05) is 13.5 Å². The van der Waals surface area contributed by atoms with Gasteiger partial charge in [-0.1, -0.05) is 0 Å². The molecule has 0 aromatic carbocycles. The van der Waals surface area contributed by atoms with Crippen molar-refractivity contribution in [3.8, 4) is 0 Å². The Bertz CT molecular complexity index is 226. The van der Waals surface area contributed by atoms with Crippen molar-refractivity contribution in [2.24, 2.45) is 0 Å². The van der Waals surface area contributed by atoms with Crippen LogP contribution in [0, 0.1) is 0 Å². The fourth-order valence-corrected chi connectivity index (χ4v) is 1.03. The van der Waals surface area contributed by atoms with E-state index in [9.17, 15) is 13.2 Å². The van der Waals surface area contributed by atoms with Crippen LogP contribution in [0.25, 0.3) is 0 Å². The van der Waals surface area contributed by atoms with Gasteiger partial charge in [-0.05, 0) is 6.42 Å². The monoisotopic (exact) mass is 271 g/mol. The summed E-state index contributed by atoms with van der Waals surface area (Å²) in [7, 11) is -3.87. The van der Waals surface area contributed by atoms with Gasteiger partial charge < -0.3 is 5.32 Å². The van der Waals surface area contributed by atoms with E-state index < -0.39 is 10.1 Å². The Kier molecular flexibility index (Phi) is 9.31. The molecule has 7 heteroatoms. The number of amides is 1. The van der Waals surface area contributed by atoms with E-state index in [-0.39, 0.29) is 70.1 Å². The Morgan fingerprint density at radius 1 is 1.50 bits per heavy atom. The zero-order valence-electron chi connectivity index (χ0n) is 6.20. The second kappa shape index (κ2) is 7.28. The first-order valence-electron chi connectivity index (χ1n) is 3.11. The van der Waals surface area contributed by atoms with E-state index in [2.05, 4.69) is 5.32 Å². The standard InChI is InChI=1S/C5H11NO4S.Sr.2H/c1-5(7)6-3-2-4-11(8,9)10;;;/h2-4H2,1H3,(H,6,7)(H,8,9,10);;;. The summed E-state index contributed by atoms with van der Waals surface area (Å²) in [6, 6.07) is 0. The molecule has 5 nitrogen and oxygen atoms in total. The average molecular weight is 271 g/mol. The molecule has 0 saturated heterocycles. The summed E-state index contributed by atoms with van der Waals surface area (Å²) < 4.78 is 28.5. The van der Waals surface area contributed by atoms with Crippen LogP contribution in [0.5, 0.6) is 0 Å². The first kappa shape index (κ1) is 15.3. The van der Waals surface area contributed by atoms with Gasteiger partial charge in [-0.25, -0.2) is 0 Å². The second-order valence-electron chi connectivity index (χ2n) is 2.12. The molecule has 0 spiro atoms. The molecule has 0 aromatic rings. The third-order valence-electron chi connectivity index (χ3n) is 0.953. The maximum absolute atomic E-state index is 10.2. The molecule has 0 unspecified atom stereocenters. The minimum atomic E-state index is -3.87. The molecule has 0 radical (unpaired) electrons. The molecule has 2 N–H and O–H groups in total. The van der Waals surface area contributed by atoms with Gasteiger partial charge in [0.2, 0.25) is 5.91 Å². The van der Waals surface area contributed by atoms with Gasteiger partial charge >= 0.3 is 45.5 Å². The van der Waals surface area contributed by atoms with Crippen molar-refractivity contribution in [3.63, 3.8) is 0 Å². The Morgan fingerprint density at radius 2 is 2.00 bits per heavy atom. The van der Waals surface area contributed by atoms with Crippen molar-refractivity contribution in [2.45, 2.75) is 13.3 Å². The van der Waals surface area contributed by atoms with Gasteiger partial charge in [-0.3, -0.25) is 9.35 Å². The number of carbonyl (C=O) groups is 1. The predicted molar refractivity (Wildman–Crippen MR) is 48.3 cm³/mol. The van der Waals surface area contributed by atoms with E-state index in [4.69, 9.17) is 4.55 Å². The summed E-state index contributed by atoms with van der Waals surface area (Å²) in [5.41, 5.74) is 0. The summed E-state index contributed by atoms with van der Waals surface area (Å²) in [5, 5.41) is 2.40. The molecule has 12 heavy (non-hydrogen) atoms. The molecular weight excluding hydrogens is 258 g/mol. The van der Waals surface area contributed by atoms with Gasteiger partial charge in [0.05, 0.1) is 5.75 Å². The first-order chi connectivity index (χ1) is 4.92. The van der Waals surface area contributed by atoms with Crippen molar-refractivity contribution in [3.05, 3.63) is 0 Å². The van der Waals surface area contributed by atoms with E-state index in [0.717, 1.165) is 0 Å². The quantitative estimate of drug-likeness (QED) is 0.369. The molecule has 0 heterocycles. The normalized spacial score (nSPS) is 10.2. The first-order valence-corrected chi connectivity index (χ1v) is 4.72. The summed E-state index contributed by atoms with van der Waals surface area (Å²) in [4.78, 5) is 10.2. The summed E-state index contributed by atoms with van der Waals surface area (Å²) in [5.74, 6) is -0.520. The number of carbonyl (C=O) groups excluding carboxylic acids is 1. The van der Waals surface area contributed by atoms with Gasteiger partial charge in [0.25, 0.3) is 10.1 Å². The van der Waals surface area contributed by atoms with E-state index in [0.29, 0.717) is 0 Å². The van der Waals surface area contributed by atoms with Crippen LogP contribution in [0.3, 0.4) is 0 Å². The van der Waals surface area contributed by atoms with Crippen LogP contribution in [0.2, 0.25) is 0 Å². The van der Waals surface area contributed by atoms with E-state index in [1.807, 2.05) is 0 Å². The Balaban J connectivity index is 0. The van der Waals surface area contributed by atoms with Crippen molar-refractivity contribution in [2.75, 3.05) is 12.3 Å². The third kappa shape index (κ3) is 13.5. The van der Waals surface area contributed by atoms with E-state index >= 15 is 0 Å². The Morgan fingerprint density at radius 3 is 2.33 bits per heavy atom. The Labute approximate surface area is 109 Å². The molecule has 1 amide bonds. The number of hydrogen-bond donors (Lipinski definition) is 2. The number of nitrogens with one attached hydrogen (secondary N) is 1. The van der Waals surface area contributed by atoms with Crippen LogP contribution in [0.4, 0.5) is 0 Å². The van der Waals surface area contributed by atoms with Crippen LogP contribution in [0.15, 0.2) is 0 Å². The molecule has 0 aromatic heterocycles. The summed E-state index contributed by atoms with van der Waals surface area (Å²) in [6.45, 7) is 1.61. The molecule has 0 aliphatic carbocycles. The third-order valence-corrected chi connectivity index (χ3v) is 1.76. The van der Waals surface area contributed by atoms with Crippen molar-refractivity contribution in [1.29, 1.82) is 0 Å². The van der Waals surface area contributed by atoms with Gasteiger partial charge in [-0.2, -0.15) is 8.42 Å². The molecule has 0 atom stereocenters. The molecule has 0 rings (SSSR count). The van der Waals surface area contributed by atoms with Crippen LogP contribution >= 0.6 is 0 Å². The topological polar surface area (TPSA) is 83.5 Å². The zero-order valence-corrected chi connectivity index (χ0v) is 7.02. The average Bonchev–Trinajstić information content (AvgIpc) is 1.78. The molecule has 0 bridgehead atoms. The summed E-state index contributed by atoms with van der Waals surface area (Å²) >= 11 is 0. The molecule has 70 valence electrons. The molecule has 0 aliphatic rings.